The molecule has 0 unspecified atom stereocenters. The van der Waals surface area contributed by atoms with Crippen molar-refractivity contribution in [2.45, 2.75) is 11.5 Å². The number of carbonyl (C=O) groups is 1. The summed E-state index contributed by atoms with van der Waals surface area (Å²) in [6.45, 7) is 0. The lowest BCUT2D eigenvalue weighted by molar-refractivity contribution is 0.0685. The van der Waals surface area contributed by atoms with Crippen molar-refractivity contribution in [3.05, 3.63) is 52.4 Å². The number of hydrogen-bond donors (Lipinski definition) is 1. The molecule has 0 aliphatic carbocycles. The molecule has 0 saturated heterocycles. The number of benzene rings is 1. The number of thioether (sulfide) groups is 1. The van der Waals surface area contributed by atoms with Gasteiger partial charge in [0.15, 0.2) is 5.69 Å². The van der Waals surface area contributed by atoms with Gasteiger partial charge in [0.1, 0.15) is 5.76 Å². The molecule has 0 atom stereocenters. The zero-order valence-corrected chi connectivity index (χ0v) is 10.9. The van der Waals surface area contributed by atoms with Gasteiger partial charge in [0.2, 0.25) is 0 Å². The van der Waals surface area contributed by atoms with Crippen LogP contribution in [0.2, 0.25) is 5.02 Å². The third-order valence-corrected chi connectivity index (χ3v) is 3.48. The first kappa shape index (κ1) is 13.0. The number of aromatic nitrogens is 1. The fraction of sp³-hybridized carbons (Fsp3) is 0.167. The molecule has 0 saturated carbocycles. The number of nitrogens with zero attached hydrogens (tertiary/aromatic N) is 1. The molecule has 0 spiro atoms. The smallest absolute Gasteiger partial charge is 0.358 e. The maximum absolute atomic E-state index is 10.6. The van der Waals surface area contributed by atoms with E-state index in [2.05, 4.69) is 5.16 Å². The summed E-state index contributed by atoms with van der Waals surface area (Å²) in [4.78, 5) is 10.6. The molecule has 1 N–H and O–H groups in total. The summed E-state index contributed by atoms with van der Waals surface area (Å²) in [5.41, 5.74) is 1.10. The van der Waals surface area contributed by atoms with Crippen LogP contribution in [0.5, 0.6) is 0 Å². The van der Waals surface area contributed by atoms with Gasteiger partial charge in [-0.15, -0.1) is 11.8 Å². The van der Waals surface area contributed by atoms with Gasteiger partial charge in [-0.3, -0.25) is 0 Å². The van der Waals surface area contributed by atoms with Crippen molar-refractivity contribution in [2.24, 2.45) is 0 Å². The van der Waals surface area contributed by atoms with Crippen molar-refractivity contribution in [1.29, 1.82) is 0 Å². The van der Waals surface area contributed by atoms with Gasteiger partial charge >= 0.3 is 5.97 Å². The van der Waals surface area contributed by atoms with Gasteiger partial charge in [0.05, 0.1) is 5.75 Å². The summed E-state index contributed by atoms with van der Waals surface area (Å²) in [5.74, 6) is 0.877. The Labute approximate surface area is 113 Å². The molecule has 0 fully saturated rings. The highest BCUT2D eigenvalue weighted by Crippen LogP contribution is 2.19. The standard InChI is InChI=1S/C12H10ClNO3S/c13-9-3-1-8(2-4-9)6-18-7-10-5-11(12(15)16)14-17-10/h1-5H,6-7H2,(H,15,16). The summed E-state index contributed by atoms with van der Waals surface area (Å²) >= 11 is 7.41. The third-order valence-electron chi connectivity index (χ3n) is 2.20. The Balaban J connectivity index is 1.84. The van der Waals surface area contributed by atoms with Crippen molar-refractivity contribution >= 4 is 29.3 Å². The van der Waals surface area contributed by atoms with Crippen molar-refractivity contribution in [3.63, 3.8) is 0 Å². The minimum Gasteiger partial charge on any atom is -0.476 e. The van der Waals surface area contributed by atoms with Crippen LogP contribution in [0.25, 0.3) is 0 Å². The Morgan fingerprint density at radius 1 is 1.33 bits per heavy atom. The van der Waals surface area contributed by atoms with E-state index in [0.29, 0.717) is 16.5 Å². The molecule has 4 nitrogen and oxygen atoms in total. The summed E-state index contributed by atoms with van der Waals surface area (Å²) in [5, 5.41) is 12.8. The third kappa shape index (κ3) is 3.51. The lowest BCUT2D eigenvalue weighted by atomic mass is 10.2. The number of rotatable bonds is 5. The Kier molecular flexibility index (Phi) is 4.28. The molecule has 1 heterocycles. The molecular formula is C12H10ClNO3S. The Morgan fingerprint density at radius 2 is 2.06 bits per heavy atom. The van der Waals surface area contributed by atoms with Crippen LogP contribution in [0.1, 0.15) is 21.8 Å². The van der Waals surface area contributed by atoms with Crippen LogP contribution < -0.4 is 0 Å². The second kappa shape index (κ2) is 5.93. The molecule has 0 amide bonds. The molecule has 2 rings (SSSR count). The summed E-state index contributed by atoms with van der Waals surface area (Å²) in [6, 6.07) is 9.04. The highest BCUT2D eigenvalue weighted by Gasteiger charge is 2.10. The van der Waals surface area contributed by atoms with E-state index in [1.165, 1.54) is 6.07 Å². The molecule has 18 heavy (non-hydrogen) atoms. The van der Waals surface area contributed by atoms with E-state index in [4.69, 9.17) is 21.2 Å². The predicted octanol–water partition coefficient (Wildman–Crippen LogP) is 3.46. The first-order valence-electron chi connectivity index (χ1n) is 5.16. The second-order valence-corrected chi connectivity index (χ2v) is 5.02. The molecular weight excluding hydrogens is 274 g/mol. The molecule has 94 valence electrons. The van der Waals surface area contributed by atoms with E-state index in [1.807, 2.05) is 24.3 Å². The maximum Gasteiger partial charge on any atom is 0.358 e. The number of aromatic carboxylic acids is 1. The zero-order chi connectivity index (χ0) is 13.0. The van der Waals surface area contributed by atoms with E-state index in [9.17, 15) is 4.79 Å². The highest BCUT2D eigenvalue weighted by molar-refractivity contribution is 7.97. The summed E-state index contributed by atoms with van der Waals surface area (Å²) < 4.78 is 4.91. The molecule has 0 radical (unpaired) electrons. The number of carboxylic acid groups (broad SMARTS) is 1. The maximum atomic E-state index is 10.6. The Morgan fingerprint density at radius 3 is 2.67 bits per heavy atom. The van der Waals surface area contributed by atoms with Crippen LogP contribution in [0, 0.1) is 0 Å². The topological polar surface area (TPSA) is 63.3 Å². The van der Waals surface area contributed by atoms with Crippen LogP contribution in [-0.4, -0.2) is 16.2 Å². The molecule has 0 aliphatic rings. The largest absolute Gasteiger partial charge is 0.476 e. The van der Waals surface area contributed by atoms with Crippen LogP contribution >= 0.6 is 23.4 Å². The molecule has 1 aromatic heterocycles. The van der Waals surface area contributed by atoms with E-state index < -0.39 is 5.97 Å². The highest BCUT2D eigenvalue weighted by atomic mass is 35.5. The first-order valence-corrected chi connectivity index (χ1v) is 6.69. The van der Waals surface area contributed by atoms with E-state index in [1.54, 1.807) is 11.8 Å². The number of halogens is 1. The number of carboxylic acids is 1. The van der Waals surface area contributed by atoms with E-state index in [0.717, 1.165) is 11.3 Å². The lowest BCUT2D eigenvalue weighted by Gasteiger charge is -1.99. The molecule has 6 heteroatoms. The van der Waals surface area contributed by atoms with Gasteiger partial charge in [0.25, 0.3) is 0 Å². The van der Waals surface area contributed by atoms with Crippen LogP contribution in [0.3, 0.4) is 0 Å². The first-order chi connectivity index (χ1) is 8.65. The molecule has 1 aromatic carbocycles. The van der Waals surface area contributed by atoms with E-state index in [-0.39, 0.29) is 5.69 Å². The van der Waals surface area contributed by atoms with Crippen LogP contribution in [0.15, 0.2) is 34.9 Å². The van der Waals surface area contributed by atoms with E-state index >= 15 is 0 Å². The molecule has 0 aliphatic heterocycles. The number of hydrogen-bond acceptors (Lipinski definition) is 4. The van der Waals surface area contributed by atoms with Gasteiger partial charge in [-0.25, -0.2) is 4.79 Å². The van der Waals surface area contributed by atoms with Gasteiger partial charge in [0, 0.05) is 16.8 Å². The normalized spacial score (nSPS) is 10.5. The minimum atomic E-state index is -1.08. The SMILES string of the molecule is O=C(O)c1cc(CSCc2ccc(Cl)cc2)on1. The lowest BCUT2D eigenvalue weighted by Crippen LogP contribution is -1.94. The van der Waals surface area contributed by atoms with Gasteiger partial charge in [-0.2, -0.15) is 0 Å². The summed E-state index contributed by atoms with van der Waals surface area (Å²) in [6.07, 6.45) is 0. The Hall–Kier alpha value is -1.46. The zero-order valence-electron chi connectivity index (χ0n) is 9.30. The van der Waals surface area contributed by atoms with Crippen molar-refractivity contribution < 1.29 is 14.4 Å². The summed E-state index contributed by atoms with van der Waals surface area (Å²) in [7, 11) is 0. The average molecular weight is 284 g/mol. The van der Waals surface area contributed by atoms with Crippen LogP contribution in [-0.2, 0) is 11.5 Å². The fourth-order valence-electron chi connectivity index (χ4n) is 1.33. The minimum absolute atomic E-state index is 0.0582. The Bertz CT molecular complexity index is 539. The fourth-order valence-corrected chi connectivity index (χ4v) is 2.33. The second-order valence-electron chi connectivity index (χ2n) is 3.60. The predicted molar refractivity (Wildman–Crippen MR) is 69.9 cm³/mol. The van der Waals surface area contributed by atoms with Gasteiger partial charge in [-0.05, 0) is 17.7 Å². The van der Waals surface area contributed by atoms with Crippen molar-refractivity contribution in [2.75, 3.05) is 0 Å². The quantitative estimate of drug-likeness (QED) is 0.910. The van der Waals surface area contributed by atoms with Crippen molar-refractivity contribution in [3.8, 4) is 0 Å². The molecule has 0 bridgehead atoms. The van der Waals surface area contributed by atoms with Crippen LogP contribution in [0.4, 0.5) is 0 Å². The monoisotopic (exact) mass is 283 g/mol. The van der Waals surface area contributed by atoms with Crippen molar-refractivity contribution in [1.82, 2.24) is 5.16 Å². The average Bonchev–Trinajstić information content (AvgIpc) is 2.81. The molecule has 2 aromatic rings. The van der Waals surface area contributed by atoms with Gasteiger partial charge in [-0.1, -0.05) is 28.9 Å². The van der Waals surface area contributed by atoms with Gasteiger partial charge < -0.3 is 9.63 Å².